The molecule has 1 aromatic heterocycles. The number of ether oxygens (including phenoxy) is 1. The molecule has 5 rings (SSSR count). The Morgan fingerprint density at radius 3 is 2.49 bits per heavy atom. The molecule has 0 unspecified atom stereocenters. The third kappa shape index (κ3) is 5.10. The lowest BCUT2D eigenvalue weighted by molar-refractivity contribution is -0.00720. The van der Waals surface area contributed by atoms with Crippen LogP contribution in [0.25, 0.3) is 0 Å². The van der Waals surface area contributed by atoms with Gasteiger partial charge in [-0.05, 0) is 12.5 Å². The van der Waals surface area contributed by atoms with Gasteiger partial charge >= 0.3 is 0 Å². The third-order valence-electron chi connectivity index (χ3n) is 7.31. The van der Waals surface area contributed by atoms with Crippen molar-refractivity contribution in [1.29, 1.82) is 0 Å². The first-order valence-electron chi connectivity index (χ1n) is 12.7. The molecule has 3 aromatic rings. The smallest absolute Gasteiger partial charge is 0.275 e. The number of aromatic nitrogens is 1. The molecule has 2 aliphatic rings. The summed E-state index contributed by atoms with van der Waals surface area (Å²) >= 11 is 0. The summed E-state index contributed by atoms with van der Waals surface area (Å²) in [6.45, 7) is -0.612. The molecule has 0 fully saturated rings. The van der Waals surface area contributed by atoms with Crippen LogP contribution in [0.1, 0.15) is 44.9 Å². The number of hydrogen-bond donors (Lipinski definition) is 2. The summed E-state index contributed by atoms with van der Waals surface area (Å²) in [7, 11) is 0. The first kappa shape index (κ1) is 28.1. The number of nitrogens with one attached hydrogen (secondary N) is 1. The van der Waals surface area contributed by atoms with Crippen LogP contribution in [0.15, 0.2) is 65.6 Å². The normalized spacial score (nSPS) is 21.3. The van der Waals surface area contributed by atoms with E-state index in [0.717, 1.165) is 10.8 Å². The topological polar surface area (TPSA) is 101 Å². The molecule has 2 aromatic carbocycles. The SMILES string of the molecule is C[C@H]1C=C[C@@](O)(CF)[C@H]2CN1C(=O)c1c(OCc3ccccc3)c(=O)c(C(=O)NCc3c(F)cc(F)cc3F)cn12. The minimum atomic E-state index is -2.10. The number of fused-ring (bicyclic) bond motifs is 4. The number of nitrogens with zero attached hydrogens (tertiary/aromatic N) is 2. The first-order valence-corrected chi connectivity index (χ1v) is 12.7. The van der Waals surface area contributed by atoms with Crippen molar-refractivity contribution in [1.82, 2.24) is 14.8 Å². The lowest BCUT2D eigenvalue weighted by Crippen LogP contribution is -2.53. The van der Waals surface area contributed by atoms with E-state index < -0.39 is 82.5 Å². The van der Waals surface area contributed by atoms with E-state index >= 15 is 0 Å². The van der Waals surface area contributed by atoms with Crippen molar-refractivity contribution < 1.29 is 37.0 Å². The van der Waals surface area contributed by atoms with Gasteiger partial charge in [0.1, 0.15) is 41.9 Å². The van der Waals surface area contributed by atoms with E-state index in [-0.39, 0.29) is 18.8 Å². The largest absolute Gasteiger partial charge is 0.483 e. The van der Waals surface area contributed by atoms with Crippen LogP contribution in [0.4, 0.5) is 17.6 Å². The Labute approximate surface area is 231 Å². The standard InChI is InChI=1S/C29H25F4N3O5/c1-16-7-8-29(40,15-30)23-13-35(16)28(39)24-26(41-14-17-5-3-2-4-6-17)25(37)20(12-36(23)24)27(38)34-11-19-21(32)9-18(31)10-22(19)33/h2-10,12,16,23,40H,11,13-15H2,1H3,(H,34,38)/t16-,23+,29+/m0/s1. The van der Waals surface area contributed by atoms with Crippen LogP contribution in [0.5, 0.6) is 5.75 Å². The molecule has 3 atom stereocenters. The van der Waals surface area contributed by atoms with Crippen LogP contribution < -0.4 is 15.5 Å². The maximum Gasteiger partial charge on any atom is 0.275 e. The van der Waals surface area contributed by atoms with E-state index in [1.807, 2.05) is 0 Å². The second-order valence-corrected chi connectivity index (χ2v) is 9.96. The van der Waals surface area contributed by atoms with Gasteiger partial charge in [0.2, 0.25) is 5.43 Å². The fourth-order valence-electron chi connectivity index (χ4n) is 4.99. The van der Waals surface area contributed by atoms with Gasteiger partial charge in [-0.25, -0.2) is 17.6 Å². The molecule has 214 valence electrons. The van der Waals surface area contributed by atoms with Crippen molar-refractivity contribution in [2.24, 2.45) is 0 Å². The molecule has 2 amide bonds. The molecular weight excluding hydrogens is 546 g/mol. The average Bonchev–Trinajstić information content (AvgIpc) is 3.06. The Bertz CT molecular complexity index is 1590. The highest BCUT2D eigenvalue weighted by atomic mass is 19.1. The Kier molecular flexibility index (Phi) is 7.43. The number of alkyl halides is 1. The van der Waals surface area contributed by atoms with Gasteiger partial charge in [0.25, 0.3) is 11.8 Å². The molecular formula is C29H25F4N3O5. The average molecular weight is 572 g/mol. The van der Waals surface area contributed by atoms with Crippen molar-refractivity contribution in [2.45, 2.75) is 37.8 Å². The summed E-state index contributed by atoms with van der Waals surface area (Å²) in [6, 6.07) is 7.85. The summed E-state index contributed by atoms with van der Waals surface area (Å²) in [5.41, 5.74) is -3.96. The molecule has 2 aliphatic heterocycles. The van der Waals surface area contributed by atoms with E-state index in [2.05, 4.69) is 5.32 Å². The fraction of sp³-hybridized carbons (Fsp3) is 0.276. The summed E-state index contributed by atoms with van der Waals surface area (Å²) in [4.78, 5) is 41.8. The molecule has 41 heavy (non-hydrogen) atoms. The number of aliphatic hydroxyl groups is 1. The van der Waals surface area contributed by atoms with E-state index in [1.54, 1.807) is 37.3 Å². The van der Waals surface area contributed by atoms with Crippen molar-refractivity contribution >= 4 is 11.8 Å². The Balaban J connectivity index is 1.61. The second-order valence-electron chi connectivity index (χ2n) is 9.96. The first-order chi connectivity index (χ1) is 19.5. The molecule has 0 radical (unpaired) electrons. The van der Waals surface area contributed by atoms with E-state index in [9.17, 15) is 37.1 Å². The monoisotopic (exact) mass is 571 g/mol. The molecule has 8 nitrogen and oxygen atoms in total. The third-order valence-corrected chi connectivity index (χ3v) is 7.31. The highest BCUT2D eigenvalue weighted by Crippen LogP contribution is 2.38. The molecule has 12 heteroatoms. The molecule has 0 saturated carbocycles. The molecule has 0 saturated heterocycles. The number of amides is 2. The molecule has 0 spiro atoms. The van der Waals surface area contributed by atoms with Crippen LogP contribution >= 0.6 is 0 Å². The maximum absolute atomic E-state index is 14.3. The number of carbonyl (C=O) groups excluding carboxylic acids is 2. The molecule has 2 bridgehead atoms. The van der Waals surface area contributed by atoms with Gasteiger partial charge in [-0.1, -0.05) is 42.5 Å². The number of pyridine rings is 1. The summed E-state index contributed by atoms with van der Waals surface area (Å²) < 4.78 is 62.8. The van der Waals surface area contributed by atoms with Crippen molar-refractivity contribution in [3.63, 3.8) is 0 Å². The van der Waals surface area contributed by atoms with E-state index in [4.69, 9.17) is 4.74 Å². The molecule has 2 N–H and O–H groups in total. The number of halogens is 4. The fourth-order valence-corrected chi connectivity index (χ4v) is 4.99. The van der Waals surface area contributed by atoms with Crippen LogP contribution in [0.2, 0.25) is 0 Å². The second kappa shape index (κ2) is 10.8. The van der Waals surface area contributed by atoms with Crippen molar-refractivity contribution in [3.05, 3.63) is 111 Å². The van der Waals surface area contributed by atoms with Gasteiger partial charge in [0.05, 0.1) is 6.04 Å². The zero-order valence-electron chi connectivity index (χ0n) is 21.7. The summed E-state index contributed by atoms with van der Waals surface area (Å²) in [5, 5.41) is 13.4. The van der Waals surface area contributed by atoms with Crippen LogP contribution in [0, 0.1) is 17.5 Å². The van der Waals surface area contributed by atoms with Crippen LogP contribution in [-0.4, -0.2) is 51.3 Å². The van der Waals surface area contributed by atoms with E-state index in [1.165, 1.54) is 17.1 Å². The number of carbonyl (C=O) groups is 2. The van der Waals surface area contributed by atoms with Gasteiger partial charge in [0, 0.05) is 43.0 Å². The minimum Gasteiger partial charge on any atom is -0.483 e. The zero-order valence-corrected chi connectivity index (χ0v) is 21.7. The minimum absolute atomic E-state index is 0.144. The maximum atomic E-state index is 14.3. The highest BCUT2D eigenvalue weighted by molar-refractivity contribution is 5.99. The summed E-state index contributed by atoms with van der Waals surface area (Å²) in [5.74, 6) is -5.85. The van der Waals surface area contributed by atoms with Gasteiger partial charge in [0.15, 0.2) is 11.4 Å². The number of benzene rings is 2. The van der Waals surface area contributed by atoms with Crippen molar-refractivity contribution in [2.75, 3.05) is 13.2 Å². The highest BCUT2D eigenvalue weighted by Gasteiger charge is 2.47. The van der Waals surface area contributed by atoms with Gasteiger partial charge in [-0.2, -0.15) is 0 Å². The Hall–Kier alpha value is -4.45. The quantitative estimate of drug-likeness (QED) is 0.335. The van der Waals surface area contributed by atoms with Gasteiger partial charge in [-0.15, -0.1) is 0 Å². The van der Waals surface area contributed by atoms with E-state index in [0.29, 0.717) is 17.7 Å². The lowest BCUT2D eigenvalue weighted by Gasteiger charge is -2.41. The zero-order chi connectivity index (χ0) is 29.5. The molecule has 3 heterocycles. The van der Waals surface area contributed by atoms with Gasteiger partial charge in [-0.3, -0.25) is 14.4 Å². The Morgan fingerprint density at radius 2 is 1.83 bits per heavy atom. The van der Waals surface area contributed by atoms with Crippen LogP contribution in [0.3, 0.4) is 0 Å². The molecule has 0 aliphatic carbocycles. The number of rotatable bonds is 7. The Morgan fingerprint density at radius 1 is 1.15 bits per heavy atom. The van der Waals surface area contributed by atoms with Crippen LogP contribution in [-0.2, 0) is 13.2 Å². The summed E-state index contributed by atoms with van der Waals surface area (Å²) in [6.07, 6.45) is 3.73. The predicted molar refractivity (Wildman–Crippen MR) is 139 cm³/mol. The lowest BCUT2D eigenvalue weighted by atomic mass is 9.92. The predicted octanol–water partition coefficient (Wildman–Crippen LogP) is 3.43. The van der Waals surface area contributed by atoms with Gasteiger partial charge < -0.3 is 24.6 Å². The van der Waals surface area contributed by atoms with Crippen molar-refractivity contribution in [3.8, 4) is 5.75 Å². The number of hydrogen-bond acceptors (Lipinski definition) is 5.